The molecule has 0 fully saturated rings. The van der Waals surface area contributed by atoms with Gasteiger partial charge in [0.25, 0.3) is 0 Å². The number of rotatable bonds is 3. The molecule has 2 rings (SSSR count). The molecule has 2 amide bonds. The van der Waals surface area contributed by atoms with Crippen molar-refractivity contribution in [2.45, 2.75) is 13.5 Å². The molecule has 0 aliphatic carbocycles. The smallest absolute Gasteiger partial charge is 0.319 e. The van der Waals surface area contributed by atoms with Crippen LogP contribution in [0.1, 0.15) is 11.4 Å². The topological polar surface area (TPSA) is 54.0 Å². The number of aryl methyl sites for hydroxylation is 1. The maximum atomic E-state index is 11.7. The maximum absolute atomic E-state index is 11.7. The molecular formula is C14H14ClN3O. The molecule has 0 saturated heterocycles. The zero-order valence-corrected chi connectivity index (χ0v) is 11.2. The highest BCUT2D eigenvalue weighted by Gasteiger charge is 2.02. The molecule has 19 heavy (non-hydrogen) atoms. The van der Waals surface area contributed by atoms with E-state index < -0.39 is 0 Å². The Morgan fingerprint density at radius 2 is 2.05 bits per heavy atom. The van der Waals surface area contributed by atoms with Crippen LogP contribution in [0, 0.1) is 6.92 Å². The van der Waals surface area contributed by atoms with Crippen molar-refractivity contribution in [1.29, 1.82) is 0 Å². The van der Waals surface area contributed by atoms with Gasteiger partial charge in [-0.05, 0) is 37.3 Å². The molecule has 0 unspecified atom stereocenters. The van der Waals surface area contributed by atoms with Gasteiger partial charge in [-0.25, -0.2) is 4.79 Å². The van der Waals surface area contributed by atoms with Crippen molar-refractivity contribution in [3.63, 3.8) is 0 Å². The van der Waals surface area contributed by atoms with E-state index in [4.69, 9.17) is 11.6 Å². The van der Waals surface area contributed by atoms with Crippen LogP contribution in [0.2, 0.25) is 5.02 Å². The fourth-order valence-electron chi connectivity index (χ4n) is 1.61. The van der Waals surface area contributed by atoms with Gasteiger partial charge in [-0.2, -0.15) is 0 Å². The standard InChI is InChI=1S/C14H14ClN3O/c1-10-4-2-7-13(17-10)9-16-14(19)18-12-6-3-5-11(15)8-12/h2-8H,9H2,1H3,(H2,16,18,19). The third-order valence-corrected chi connectivity index (χ3v) is 2.69. The number of pyridine rings is 1. The number of halogens is 1. The summed E-state index contributed by atoms with van der Waals surface area (Å²) in [6.07, 6.45) is 0. The van der Waals surface area contributed by atoms with E-state index >= 15 is 0 Å². The second-order valence-electron chi connectivity index (χ2n) is 4.09. The van der Waals surface area contributed by atoms with Crippen LogP contribution in [-0.2, 0) is 6.54 Å². The Balaban J connectivity index is 1.88. The van der Waals surface area contributed by atoms with Crippen molar-refractivity contribution in [2.75, 3.05) is 5.32 Å². The number of carbonyl (C=O) groups excluding carboxylic acids is 1. The van der Waals surface area contributed by atoms with Gasteiger partial charge in [0.15, 0.2) is 0 Å². The molecule has 0 spiro atoms. The average molecular weight is 276 g/mol. The molecule has 5 heteroatoms. The molecule has 98 valence electrons. The van der Waals surface area contributed by atoms with Crippen LogP contribution in [0.3, 0.4) is 0 Å². The minimum absolute atomic E-state index is 0.287. The quantitative estimate of drug-likeness (QED) is 0.902. The molecule has 0 saturated carbocycles. The molecule has 0 aliphatic rings. The van der Waals surface area contributed by atoms with Crippen LogP contribution < -0.4 is 10.6 Å². The fraction of sp³-hybridized carbons (Fsp3) is 0.143. The lowest BCUT2D eigenvalue weighted by Crippen LogP contribution is -2.28. The van der Waals surface area contributed by atoms with Crippen LogP contribution in [0.5, 0.6) is 0 Å². The van der Waals surface area contributed by atoms with E-state index in [9.17, 15) is 4.79 Å². The second kappa shape index (κ2) is 6.20. The highest BCUT2D eigenvalue weighted by Crippen LogP contribution is 2.14. The Labute approximate surface area is 116 Å². The SMILES string of the molecule is Cc1cccc(CNC(=O)Nc2cccc(Cl)c2)n1. The van der Waals surface area contributed by atoms with E-state index in [1.165, 1.54) is 0 Å². The predicted molar refractivity (Wildman–Crippen MR) is 76.3 cm³/mol. The fourth-order valence-corrected chi connectivity index (χ4v) is 1.80. The van der Waals surface area contributed by atoms with Gasteiger partial charge in [0.1, 0.15) is 0 Å². The molecule has 1 aromatic carbocycles. The summed E-state index contributed by atoms with van der Waals surface area (Å²) in [6, 6.07) is 12.4. The number of aromatic nitrogens is 1. The lowest BCUT2D eigenvalue weighted by Gasteiger charge is -2.07. The Kier molecular flexibility index (Phi) is 4.36. The lowest BCUT2D eigenvalue weighted by atomic mass is 10.3. The van der Waals surface area contributed by atoms with E-state index in [-0.39, 0.29) is 6.03 Å². The zero-order valence-electron chi connectivity index (χ0n) is 10.5. The first-order chi connectivity index (χ1) is 9.13. The zero-order chi connectivity index (χ0) is 13.7. The summed E-state index contributed by atoms with van der Waals surface area (Å²) < 4.78 is 0. The molecule has 4 nitrogen and oxygen atoms in total. The molecule has 0 aliphatic heterocycles. The average Bonchev–Trinajstić information content (AvgIpc) is 2.36. The van der Waals surface area contributed by atoms with Crippen LogP contribution in [0.15, 0.2) is 42.5 Å². The van der Waals surface area contributed by atoms with E-state index in [2.05, 4.69) is 15.6 Å². The number of anilines is 1. The molecule has 0 bridgehead atoms. The number of benzene rings is 1. The van der Waals surface area contributed by atoms with Gasteiger partial charge in [-0.1, -0.05) is 23.7 Å². The van der Waals surface area contributed by atoms with E-state index in [1.54, 1.807) is 24.3 Å². The normalized spacial score (nSPS) is 10.0. The first kappa shape index (κ1) is 13.4. The van der Waals surface area contributed by atoms with Crippen molar-refractivity contribution in [1.82, 2.24) is 10.3 Å². The molecule has 1 aromatic heterocycles. The van der Waals surface area contributed by atoms with E-state index in [0.29, 0.717) is 17.3 Å². The highest BCUT2D eigenvalue weighted by molar-refractivity contribution is 6.30. The van der Waals surface area contributed by atoms with Crippen molar-refractivity contribution < 1.29 is 4.79 Å². The van der Waals surface area contributed by atoms with Crippen molar-refractivity contribution in [3.8, 4) is 0 Å². The van der Waals surface area contributed by atoms with Crippen molar-refractivity contribution in [3.05, 3.63) is 58.9 Å². The van der Waals surface area contributed by atoms with E-state index in [0.717, 1.165) is 11.4 Å². The first-order valence-corrected chi connectivity index (χ1v) is 6.24. The minimum Gasteiger partial charge on any atom is -0.332 e. The van der Waals surface area contributed by atoms with Crippen LogP contribution >= 0.6 is 11.6 Å². The molecular weight excluding hydrogens is 262 g/mol. The molecule has 2 aromatic rings. The number of carbonyl (C=O) groups is 1. The van der Waals surface area contributed by atoms with Crippen LogP contribution in [-0.4, -0.2) is 11.0 Å². The third kappa shape index (κ3) is 4.26. The molecule has 2 N–H and O–H groups in total. The van der Waals surface area contributed by atoms with Crippen LogP contribution in [0.4, 0.5) is 10.5 Å². The largest absolute Gasteiger partial charge is 0.332 e. The third-order valence-electron chi connectivity index (χ3n) is 2.46. The monoisotopic (exact) mass is 275 g/mol. The number of nitrogens with zero attached hydrogens (tertiary/aromatic N) is 1. The summed E-state index contributed by atoms with van der Waals surface area (Å²) in [7, 11) is 0. The second-order valence-corrected chi connectivity index (χ2v) is 4.52. The number of hydrogen-bond donors (Lipinski definition) is 2. The number of urea groups is 1. The Morgan fingerprint density at radius 1 is 1.26 bits per heavy atom. The summed E-state index contributed by atoms with van der Waals surface area (Å²) in [6.45, 7) is 2.30. The molecule has 1 heterocycles. The number of nitrogens with one attached hydrogen (secondary N) is 2. The summed E-state index contributed by atoms with van der Waals surface area (Å²) in [5.41, 5.74) is 2.40. The van der Waals surface area contributed by atoms with Crippen molar-refractivity contribution >= 4 is 23.3 Å². The van der Waals surface area contributed by atoms with Crippen molar-refractivity contribution in [2.24, 2.45) is 0 Å². The molecule has 0 atom stereocenters. The Hall–Kier alpha value is -2.07. The van der Waals surface area contributed by atoms with Gasteiger partial charge >= 0.3 is 6.03 Å². The van der Waals surface area contributed by atoms with Gasteiger partial charge in [0, 0.05) is 16.4 Å². The number of hydrogen-bond acceptors (Lipinski definition) is 2. The van der Waals surface area contributed by atoms with Gasteiger partial charge in [0.2, 0.25) is 0 Å². The van der Waals surface area contributed by atoms with Crippen LogP contribution in [0.25, 0.3) is 0 Å². The summed E-state index contributed by atoms with van der Waals surface area (Å²) in [5, 5.41) is 6.03. The minimum atomic E-state index is -0.287. The van der Waals surface area contributed by atoms with Gasteiger partial charge in [-0.3, -0.25) is 4.98 Å². The predicted octanol–water partition coefficient (Wildman–Crippen LogP) is 3.37. The maximum Gasteiger partial charge on any atom is 0.319 e. The summed E-state index contributed by atoms with van der Waals surface area (Å²) in [5.74, 6) is 0. The highest BCUT2D eigenvalue weighted by atomic mass is 35.5. The van der Waals surface area contributed by atoms with E-state index in [1.807, 2.05) is 25.1 Å². The lowest BCUT2D eigenvalue weighted by molar-refractivity contribution is 0.251. The summed E-state index contributed by atoms with van der Waals surface area (Å²) in [4.78, 5) is 16.0. The Bertz CT molecular complexity index is 586. The first-order valence-electron chi connectivity index (χ1n) is 5.86. The molecule has 0 radical (unpaired) electrons. The number of amides is 2. The summed E-state index contributed by atoms with van der Waals surface area (Å²) >= 11 is 5.84. The van der Waals surface area contributed by atoms with Gasteiger partial charge < -0.3 is 10.6 Å². The Morgan fingerprint density at radius 3 is 2.79 bits per heavy atom. The van der Waals surface area contributed by atoms with Gasteiger partial charge in [-0.15, -0.1) is 0 Å². The van der Waals surface area contributed by atoms with Gasteiger partial charge in [0.05, 0.1) is 12.2 Å².